The predicted octanol–water partition coefficient (Wildman–Crippen LogP) is 2.35. The van der Waals surface area contributed by atoms with E-state index in [0.29, 0.717) is 50.3 Å². The summed E-state index contributed by atoms with van der Waals surface area (Å²) < 4.78 is 5.20. The minimum atomic E-state index is -0.0859. The van der Waals surface area contributed by atoms with Crippen molar-refractivity contribution >= 4 is 17.7 Å². The Hall–Kier alpha value is -3.42. The second kappa shape index (κ2) is 8.08. The Kier molecular flexibility index (Phi) is 5.18. The van der Waals surface area contributed by atoms with Crippen molar-refractivity contribution in [3.8, 4) is 0 Å². The molecule has 1 fully saturated rings. The third kappa shape index (κ3) is 4.11. The normalized spacial score (nSPS) is 14.2. The summed E-state index contributed by atoms with van der Waals surface area (Å²) in [5, 5.41) is 11.5. The number of carbonyl (C=O) groups excluding carboxylic acids is 1. The fourth-order valence-corrected chi connectivity index (χ4v) is 3.19. The van der Waals surface area contributed by atoms with Gasteiger partial charge >= 0.3 is 0 Å². The highest BCUT2D eigenvalue weighted by Crippen LogP contribution is 2.15. The highest BCUT2D eigenvalue weighted by atomic mass is 16.3. The third-order valence-electron chi connectivity index (χ3n) is 4.69. The first-order valence-electron chi connectivity index (χ1n) is 9.26. The highest BCUT2D eigenvalue weighted by Gasteiger charge is 2.25. The molecule has 3 heterocycles. The van der Waals surface area contributed by atoms with Gasteiger partial charge < -0.3 is 19.5 Å². The van der Waals surface area contributed by atoms with E-state index in [0.717, 1.165) is 0 Å². The Bertz CT molecular complexity index is 935. The fourth-order valence-electron chi connectivity index (χ4n) is 3.19. The number of rotatable bonds is 5. The molecule has 3 aromatic rings. The molecule has 0 atom stereocenters. The van der Waals surface area contributed by atoms with Gasteiger partial charge in [-0.1, -0.05) is 29.8 Å². The lowest BCUT2D eigenvalue weighted by atomic mass is 10.1. The van der Waals surface area contributed by atoms with Crippen molar-refractivity contribution in [3.63, 3.8) is 0 Å². The Morgan fingerprint density at radius 1 is 1.18 bits per heavy atom. The average molecular weight is 378 g/mol. The Morgan fingerprint density at radius 3 is 2.79 bits per heavy atom. The number of nitrogens with one attached hydrogen (secondary N) is 1. The van der Waals surface area contributed by atoms with Crippen LogP contribution in [0.1, 0.15) is 21.7 Å². The molecule has 1 amide bonds. The van der Waals surface area contributed by atoms with Gasteiger partial charge in [0.1, 0.15) is 0 Å². The molecule has 0 unspecified atom stereocenters. The number of nitrogens with zero attached hydrogens (tertiary/aromatic N) is 5. The van der Waals surface area contributed by atoms with Crippen LogP contribution in [0.15, 0.2) is 53.3 Å². The van der Waals surface area contributed by atoms with Gasteiger partial charge in [-0.25, -0.2) is 0 Å². The van der Waals surface area contributed by atoms with Crippen LogP contribution in [0.2, 0.25) is 0 Å². The van der Waals surface area contributed by atoms with Crippen LogP contribution in [-0.4, -0.2) is 52.2 Å². The summed E-state index contributed by atoms with van der Waals surface area (Å²) in [6.07, 6.45) is 3.13. The minimum absolute atomic E-state index is 0.0859. The smallest absolute Gasteiger partial charge is 0.289 e. The summed E-state index contributed by atoms with van der Waals surface area (Å²) in [5.41, 5.74) is 2.41. The third-order valence-corrected chi connectivity index (χ3v) is 4.69. The van der Waals surface area contributed by atoms with Crippen molar-refractivity contribution in [1.82, 2.24) is 20.1 Å². The van der Waals surface area contributed by atoms with E-state index in [-0.39, 0.29) is 5.91 Å². The number of hydrogen-bond acceptors (Lipinski definition) is 7. The molecule has 0 spiro atoms. The number of furan rings is 1. The first kappa shape index (κ1) is 18.0. The Morgan fingerprint density at radius 2 is 2.04 bits per heavy atom. The van der Waals surface area contributed by atoms with E-state index in [1.165, 1.54) is 17.4 Å². The predicted molar refractivity (Wildman–Crippen MR) is 105 cm³/mol. The van der Waals surface area contributed by atoms with Gasteiger partial charge in [-0.2, -0.15) is 10.1 Å². The first-order chi connectivity index (χ1) is 13.7. The molecule has 1 aromatic carbocycles. The zero-order valence-electron chi connectivity index (χ0n) is 15.7. The van der Waals surface area contributed by atoms with E-state index >= 15 is 0 Å². The van der Waals surface area contributed by atoms with Crippen LogP contribution in [-0.2, 0) is 6.54 Å². The van der Waals surface area contributed by atoms with E-state index < -0.39 is 0 Å². The summed E-state index contributed by atoms with van der Waals surface area (Å²) in [7, 11) is 0. The molecule has 1 aliphatic heterocycles. The van der Waals surface area contributed by atoms with Gasteiger partial charge in [0.15, 0.2) is 11.6 Å². The fraction of sp³-hybridized carbons (Fsp3) is 0.300. The second-order valence-electron chi connectivity index (χ2n) is 6.74. The van der Waals surface area contributed by atoms with E-state index in [9.17, 15) is 4.79 Å². The van der Waals surface area contributed by atoms with Crippen molar-refractivity contribution < 1.29 is 9.21 Å². The Labute approximate surface area is 163 Å². The highest BCUT2D eigenvalue weighted by molar-refractivity contribution is 5.91. The van der Waals surface area contributed by atoms with Gasteiger partial charge in [-0.05, 0) is 24.6 Å². The number of amides is 1. The van der Waals surface area contributed by atoms with Crippen molar-refractivity contribution in [3.05, 3.63) is 65.7 Å². The lowest BCUT2D eigenvalue weighted by Gasteiger charge is -2.34. The van der Waals surface area contributed by atoms with E-state index in [4.69, 9.17) is 4.42 Å². The molecule has 1 N–H and O–H groups in total. The van der Waals surface area contributed by atoms with E-state index in [1.54, 1.807) is 23.2 Å². The van der Waals surface area contributed by atoms with Gasteiger partial charge in [-0.3, -0.25) is 4.79 Å². The zero-order valence-corrected chi connectivity index (χ0v) is 15.7. The van der Waals surface area contributed by atoms with E-state index in [2.05, 4.69) is 45.6 Å². The van der Waals surface area contributed by atoms with Gasteiger partial charge in [0, 0.05) is 32.7 Å². The topological polar surface area (TPSA) is 87.4 Å². The Balaban J connectivity index is 1.35. The number of hydrogen-bond donors (Lipinski definition) is 1. The first-order valence-corrected chi connectivity index (χ1v) is 9.26. The number of benzene rings is 1. The van der Waals surface area contributed by atoms with Crippen LogP contribution >= 0.6 is 0 Å². The molecule has 8 nitrogen and oxygen atoms in total. The summed E-state index contributed by atoms with van der Waals surface area (Å²) in [6.45, 7) is 5.22. The lowest BCUT2D eigenvalue weighted by Crippen LogP contribution is -2.49. The van der Waals surface area contributed by atoms with Crippen LogP contribution in [0.4, 0.5) is 11.8 Å². The van der Waals surface area contributed by atoms with Crippen LogP contribution in [0.5, 0.6) is 0 Å². The maximum atomic E-state index is 12.4. The molecule has 0 radical (unpaired) electrons. The summed E-state index contributed by atoms with van der Waals surface area (Å²) >= 11 is 0. The molecule has 0 saturated carbocycles. The minimum Gasteiger partial charge on any atom is -0.459 e. The van der Waals surface area contributed by atoms with Gasteiger partial charge in [-0.15, -0.1) is 5.10 Å². The standard InChI is InChI=1S/C20H22N6O2/c1-15-4-2-5-16(12-15)13-21-18-14-22-24-20(23-18)26-9-7-25(8-10-26)19(27)17-6-3-11-28-17/h2-6,11-12,14H,7-10,13H2,1H3,(H,21,23,24). The SMILES string of the molecule is Cc1cccc(CNc2cnnc(N3CCN(C(=O)c4ccco4)CC3)n2)c1. The summed E-state index contributed by atoms with van der Waals surface area (Å²) in [5.74, 6) is 1.53. The molecule has 28 heavy (non-hydrogen) atoms. The molecule has 144 valence electrons. The quantitative estimate of drug-likeness (QED) is 0.729. The zero-order chi connectivity index (χ0) is 19.3. The number of aromatic nitrogens is 3. The number of aryl methyl sites for hydroxylation is 1. The van der Waals surface area contributed by atoms with Crippen LogP contribution < -0.4 is 10.2 Å². The number of carbonyl (C=O) groups is 1. The average Bonchev–Trinajstić information content (AvgIpc) is 3.27. The molecule has 0 bridgehead atoms. The molecule has 1 saturated heterocycles. The summed E-state index contributed by atoms with van der Waals surface area (Å²) in [4.78, 5) is 20.8. The van der Waals surface area contributed by atoms with Crippen molar-refractivity contribution in [2.24, 2.45) is 0 Å². The van der Waals surface area contributed by atoms with Crippen LogP contribution in [0.3, 0.4) is 0 Å². The van der Waals surface area contributed by atoms with Crippen LogP contribution in [0, 0.1) is 6.92 Å². The second-order valence-corrected chi connectivity index (χ2v) is 6.74. The monoisotopic (exact) mass is 378 g/mol. The maximum Gasteiger partial charge on any atom is 0.289 e. The molecular weight excluding hydrogens is 356 g/mol. The van der Waals surface area contributed by atoms with Gasteiger partial charge in [0.25, 0.3) is 5.91 Å². The van der Waals surface area contributed by atoms with Crippen LogP contribution in [0.25, 0.3) is 0 Å². The molecule has 2 aromatic heterocycles. The lowest BCUT2D eigenvalue weighted by molar-refractivity contribution is 0.0714. The molecule has 1 aliphatic rings. The number of anilines is 2. The molecule has 4 rings (SSSR count). The van der Waals surface area contributed by atoms with Crippen molar-refractivity contribution in [1.29, 1.82) is 0 Å². The summed E-state index contributed by atoms with van der Waals surface area (Å²) in [6, 6.07) is 11.7. The van der Waals surface area contributed by atoms with E-state index in [1.807, 2.05) is 11.0 Å². The molecular formula is C20H22N6O2. The number of piperazine rings is 1. The largest absolute Gasteiger partial charge is 0.459 e. The van der Waals surface area contributed by atoms with Crippen molar-refractivity contribution in [2.75, 3.05) is 36.4 Å². The molecule has 8 heteroatoms. The van der Waals surface area contributed by atoms with Gasteiger partial charge in [0.05, 0.1) is 12.5 Å². The van der Waals surface area contributed by atoms with Crippen molar-refractivity contribution in [2.45, 2.75) is 13.5 Å². The maximum absolute atomic E-state index is 12.4. The van der Waals surface area contributed by atoms with Gasteiger partial charge in [0.2, 0.25) is 5.95 Å². The molecule has 0 aliphatic carbocycles.